The van der Waals surface area contributed by atoms with Crippen LogP contribution in [-0.2, 0) is 4.79 Å². The van der Waals surface area contributed by atoms with Crippen LogP contribution < -0.4 is 16.0 Å². The average Bonchev–Trinajstić information content (AvgIpc) is 2.74. The van der Waals surface area contributed by atoms with Crippen molar-refractivity contribution in [1.29, 1.82) is 5.26 Å². The smallest absolute Gasteiger partial charge is 0.240 e. The van der Waals surface area contributed by atoms with Crippen molar-refractivity contribution in [2.45, 2.75) is 56.7 Å². The molecule has 0 bridgehead atoms. The molecule has 4 N–H and O–H groups in total. The van der Waals surface area contributed by atoms with Crippen LogP contribution in [0.2, 0.25) is 0 Å². The van der Waals surface area contributed by atoms with Gasteiger partial charge < -0.3 is 21.1 Å². The number of piperidine rings is 1. The van der Waals surface area contributed by atoms with Gasteiger partial charge in [0.1, 0.15) is 6.07 Å². The number of nitrogens with zero attached hydrogens (tertiary/aromatic N) is 3. The number of pyridine rings is 1. The summed E-state index contributed by atoms with van der Waals surface area (Å²) < 4.78 is 0. The van der Waals surface area contributed by atoms with E-state index in [1.807, 2.05) is 24.3 Å². The average molecular weight is 408 g/mol. The third-order valence-electron chi connectivity index (χ3n) is 6.50. The third kappa shape index (κ3) is 3.98. The van der Waals surface area contributed by atoms with Gasteiger partial charge in [-0.1, -0.05) is 6.92 Å². The van der Waals surface area contributed by atoms with Crippen LogP contribution in [-0.4, -0.2) is 46.8 Å². The second kappa shape index (κ2) is 8.21. The van der Waals surface area contributed by atoms with Crippen molar-refractivity contribution in [1.82, 2.24) is 10.3 Å². The van der Waals surface area contributed by atoms with Crippen molar-refractivity contribution in [2.75, 3.05) is 18.0 Å². The molecule has 1 saturated heterocycles. The zero-order chi connectivity index (χ0) is 21.3. The van der Waals surface area contributed by atoms with Gasteiger partial charge in [-0.05, 0) is 62.3 Å². The van der Waals surface area contributed by atoms with Gasteiger partial charge in [-0.3, -0.25) is 9.78 Å². The lowest BCUT2D eigenvalue weighted by atomic mass is 9.80. The zero-order valence-electron chi connectivity index (χ0n) is 17.3. The molecule has 158 valence electrons. The Bertz CT molecular complexity index is 977. The number of aliphatic hydroxyl groups is 1. The molecule has 0 unspecified atom stereocenters. The number of aromatic nitrogens is 1. The van der Waals surface area contributed by atoms with Gasteiger partial charge in [0.25, 0.3) is 0 Å². The molecular weight excluding hydrogens is 378 g/mol. The number of hydrogen-bond acceptors (Lipinski definition) is 6. The van der Waals surface area contributed by atoms with Crippen molar-refractivity contribution in [3.05, 3.63) is 36.0 Å². The Labute approximate surface area is 176 Å². The number of aliphatic hydroxyl groups excluding tert-OH is 1. The lowest BCUT2D eigenvalue weighted by Gasteiger charge is -2.41. The van der Waals surface area contributed by atoms with Crippen LogP contribution in [0.4, 0.5) is 5.69 Å². The summed E-state index contributed by atoms with van der Waals surface area (Å²) in [5.74, 6) is 0.285. The van der Waals surface area contributed by atoms with E-state index in [1.165, 1.54) is 0 Å². The number of nitrogens with two attached hydrogens (primary N) is 1. The van der Waals surface area contributed by atoms with E-state index in [9.17, 15) is 15.2 Å². The van der Waals surface area contributed by atoms with Crippen molar-refractivity contribution < 1.29 is 9.90 Å². The number of anilines is 1. The molecule has 2 aromatic rings. The van der Waals surface area contributed by atoms with E-state index < -0.39 is 5.54 Å². The van der Waals surface area contributed by atoms with E-state index in [-0.39, 0.29) is 18.1 Å². The fourth-order valence-corrected chi connectivity index (χ4v) is 4.85. The Morgan fingerprint density at radius 3 is 2.83 bits per heavy atom. The van der Waals surface area contributed by atoms with Crippen LogP contribution in [0.15, 0.2) is 30.5 Å². The minimum Gasteiger partial charge on any atom is -0.393 e. The second-order valence-corrected chi connectivity index (χ2v) is 8.95. The van der Waals surface area contributed by atoms with Gasteiger partial charge in [0.15, 0.2) is 0 Å². The van der Waals surface area contributed by atoms with E-state index in [0.717, 1.165) is 24.0 Å². The highest BCUT2D eigenvalue weighted by atomic mass is 16.3. The molecule has 1 aromatic carbocycles. The van der Waals surface area contributed by atoms with Crippen molar-refractivity contribution in [3.63, 3.8) is 0 Å². The number of nitriles is 1. The van der Waals surface area contributed by atoms with Gasteiger partial charge in [-0.15, -0.1) is 0 Å². The Balaban J connectivity index is 1.54. The molecule has 30 heavy (non-hydrogen) atoms. The molecule has 2 heterocycles. The Kier molecular flexibility index (Phi) is 5.63. The maximum atomic E-state index is 13.0. The number of amides is 1. The molecule has 2 fully saturated rings. The number of fused-ring (bicyclic) bond motifs is 1. The van der Waals surface area contributed by atoms with Crippen LogP contribution in [0.25, 0.3) is 10.9 Å². The second-order valence-electron chi connectivity index (χ2n) is 8.95. The molecule has 7 nitrogen and oxygen atoms in total. The number of nitrogens with one attached hydrogen (secondary N) is 1. The van der Waals surface area contributed by atoms with Gasteiger partial charge in [0.05, 0.1) is 22.7 Å². The molecule has 1 aliphatic carbocycles. The first kappa shape index (κ1) is 20.6. The van der Waals surface area contributed by atoms with Crippen molar-refractivity contribution in [3.8, 4) is 6.07 Å². The van der Waals surface area contributed by atoms with Crippen LogP contribution >= 0.6 is 0 Å². The molecule has 2 aliphatic rings. The quantitative estimate of drug-likeness (QED) is 0.717. The summed E-state index contributed by atoms with van der Waals surface area (Å²) >= 11 is 0. The first-order valence-corrected chi connectivity index (χ1v) is 10.7. The van der Waals surface area contributed by atoms with Gasteiger partial charge in [0.2, 0.25) is 5.91 Å². The van der Waals surface area contributed by atoms with Crippen LogP contribution in [0.1, 0.15) is 44.6 Å². The van der Waals surface area contributed by atoms with E-state index >= 15 is 0 Å². The summed E-state index contributed by atoms with van der Waals surface area (Å²) in [7, 11) is 0. The summed E-state index contributed by atoms with van der Waals surface area (Å²) in [5, 5.41) is 23.3. The van der Waals surface area contributed by atoms with Gasteiger partial charge in [0, 0.05) is 36.4 Å². The van der Waals surface area contributed by atoms with Crippen LogP contribution in [0, 0.1) is 17.2 Å². The Morgan fingerprint density at radius 2 is 2.10 bits per heavy atom. The third-order valence-corrected chi connectivity index (χ3v) is 6.50. The summed E-state index contributed by atoms with van der Waals surface area (Å²) in [6, 6.07) is 9.89. The minimum atomic E-state index is -0.893. The SMILES string of the molecule is C[C@H]1C[C@@H](NC(=O)C2(N)CCC(O)CC2)CN(c2ccc(C#N)c3ncccc23)C1. The Hall–Kier alpha value is -2.69. The van der Waals surface area contributed by atoms with E-state index in [0.29, 0.717) is 49.2 Å². The van der Waals surface area contributed by atoms with Gasteiger partial charge >= 0.3 is 0 Å². The zero-order valence-corrected chi connectivity index (χ0v) is 17.3. The molecule has 0 radical (unpaired) electrons. The highest BCUT2D eigenvalue weighted by molar-refractivity contribution is 5.95. The highest BCUT2D eigenvalue weighted by Crippen LogP contribution is 2.32. The number of carbonyl (C=O) groups excluding carboxylic acids is 1. The lowest BCUT2D eigenvalue weighted by molar-refractivity contribution is -0.129. The predicted molar refractivity (Wildman–Crippen MR) is 116 cm³/mol. The first-order chi connectivity index (χ1) is 14.4. The summed E-state index contributed by atoms with van der Waals surface area (Å²) in [4.78, 5) is 19.6. The maximum absolute atomic E-state index is 13.0. The number of hydrogen-bond donors (Lipinski definition) is 3. The number of benzene rings is 1. The summed E-state index contributed by atoms with van der Waals surface area (Å²) in [6.45, 7) is 3.75. The van der Waals surface area contributed by atoms with Gasteiger partial charge in [-0.2, -0.15) is 5.26 Å². The number of carbonyl (C=O) groups is 1. The van der Waals surface area contributed by atoms with Crippen molar-refractivity contribution in [2.24, 2.45) is 11.7 Å². The molecule has 1 amide bonds. The van der Waals surface area contributed by atoms with E-state index in [2.05, 4.69) is 28.2 Å². The minimum absolute atomic E-state index is 0.00381. The molecule has 1 aromatic heterocycles. The monoisotopic (exact) mass is 407 g/mol. The highest BCUT2D eigenvalue weighted by Gasteiger charge is 2.39. The molecule has 1 aliphatic heterocycles. The molecule has 0 spiro atoms. The molecule has 4 rings (SSSR count). The standard InChI is InChI=1S/C23H29N5O2/c1-15-11-17(27-22(30)23(25)8-6-18(29)7-9-23)14-28(13-15)20-5-4-16(12-24)21-19(20)3-2-10-26-21/h2-5,10,15,17-18,29H,6-9,11,13-14,25H2,1H3,(H,27,30)/t15-,17+,18?,23?/m0/s1. The first-order valence-electron chi connectivity index (χ1n) is 10.7. The lowest BCUT2D eigenvalue weighted by Crippen LogP contribution is -2.60. The summed E-state index contributed by atoms with van der Waals surface area (Å²) in [6.07, 6.45) is 4.42. The molecular formula is C23H29N5O2. The van der Waals surface area contributed by atoms with E-state index in [4.69, 9.17) is 5.73 Å². The maximum Gasteiger partial charge on any atom is 0.240 e. The Morgan fingerprint density at radius 1 is 1.33 bits per heavy atom. The van der Waals surface area contributed by atoms with Crippen molar-refractivity contribution >= 4 is 22.5 Å². The topological polar surface area (TPSA) is 115 Å². The molecule has 2 atom stereocenters. The number of rotatable bonds is 3. The molecule has 7 heteroatoms. The van der Waals surface area contributed by atoms with Crippen LogP contribution in [0.3, 0.4) is 0 Å². The van der Waals surface area contributed by atoms with E-state index in [1.54, 1.807) is 6.20 Å². The van der Waals surface area contributed by atoms with Gasteiger partial charge in [-0.25, -0.2) is 0 Å². The normalized spacial score (nSPS) is 29.4. The summed E-state index contributed by atoms with van der Waals surface area (Å²) in [5.41, 5.74) is 7.80. The molecule has 1 saturated carbocycles. The largest absolute Gasteiger partial charge is 0.393 e. The van der Waals surface area contributed by atoms with Crippen LogP contribution in [0.5, 0.6) is 0 Å². The fourth-order valence-electron chi connectivity index (χ4n) is 4.85. The fraction of sp³-hybridized carbons (Fsp3) is 0.522. The predicted octanol–water partition coefficient (Wildman–Crippen LogP) is 2.07.